The summed E-state index contributed by atoms with van der Waals surface area (Å²) in [5, 5.41) is 3.35. The lowest BCUT2D eigenvalue weighted by Crippen LogP contribution is -2.05. The molecule has 0 saturated heterocycles. The van der Waals surface area contributed by atoms with Gasteiger partial charge < -0.3 is 14.5 Å². The minimum absolute atomic E-state index is 0.0406. The fraction of sp³-hybridized carbons (Fsp3) is 0.160. The van der Waals surface area contributed by atoms with Gasteiger partial charge in [-0.15, -0.1) is 0 Å². The smallest absolute Gasteiger partial charge is 0.238 e. The third-order valence-electron chi connectivity index (χ3n) is 4.87. The van der Waals surface area contributed by atoms with Gasteiger partial charge in [-0.25, -0.2) is 8.42 Å². The second kappa shape index (κ2) is 9.29. The molecule has 1 aromatic heterocycles. The van der Waals surface area contributed by atoms with Crippen molar-refractivity contribution >= 4 is 33.0 Å². The fourth-order valence-electron chi connectivity index (χ4n) is 3.45. The summed E-state index contributed by atoms with van der Waals surface area (Å²) < 4.78 is 38.3. The Morgan fingerprint density at radius 3 is 2.21 bits per heavy atom. The fourth-order valence-corrected chi connectivity index (χ4v) is 4.84. The van der Waals surface area contributed by atoms with Crippen LogP contribution in [-0.2, 0) is 9.84 Å². The van der Waals surface area contributed by atoms with E-state index in [1.54, 1.807) is 24.3 Å². The number of sulfone groups is 1. The van der Waals surface area contributed by atoms with E-state index in [2.05, 4.69) is 10.3 Å². The van der Waals surface area contributed by atoms with Gasteiger partial charge >= 0.3 is 0 Å². The van der Waals surface area contributed by atoms with Crippen LogP contribution in [0, 0.1) is 13.8 Å². The van der Waals surface area contributed by atoms with E-state index in [1.807, 2.05) is 39.0 Å². The van der Waals surface area contributed by atoms with Crippen molar-refractivity contribution in [3.8, 4) is 17.2 Å². The normalized spacial score (nSPS) is 11.4. The van der Waals surface area contributed by atoms with Gasteiger partial charge in [0, 0.05) is 16.3 Å². The van der Waals surface area contributed by atoms with Gasteiger partial charge in [0.05, 0.1) is 11.5 Å². The van der Waals surface area contributed by atoms with Crippen LogP contribution in [0.4, 0.5) is 11.6 Å². The molecule has 1 heterocycles. The summed E-state index contributed by atoms with van der Waals surface area (Å²) >= 11 is 5.94. The number of benzene rings is 3. The Labute approximate surface area is 198 Å². The van der Waals surface area contributed by atoms with Crippen LogP contribution < -0.4 is 10.1 Å². The molecule has 0 amide bonds. The van der Waals surface area contributed by atoms with Crippen molar-refractivity contribution in [3.63, 3.8) is 0 Å². The molecule has 1 N–H and O–H groups in total. The van der Waals surface area contributed by atoms with Crippen LogP contribution in [0.3, 0.4) is 0 Å². The minimum atomic E-state index is -3.98. The molecule has 8 heteroatoms. The molecule has 4 aromatic rings. The van der Waals surface area contributed by atoms with Crippen LogP contribution in [0.5, 0.6) is 5.75 Å². The third-order valence-corrected chi connectivity index (χ3v) is 6.80. The number of halogens is 1. The lowest BCUT2D eigenvalue weighted by atomic mass is 10.1. The Kier molecular flexibility index (Phi) is 6.44. The Morgan fingerprint density at radius 2 is 1.61 bits per heavy atom. The number of nitrogens with one attached hydrogen (secondary N) is 1. The number of nitrogens with zero attached hydrogens (tertiary/aromatic N) is 1. The predicted molar refractivity (Wildman–Crippen MR) is 129 cm³/mol. The van der Waals surface area contributed by atoms with Crippen molar-refractivity contribution in [2.45, 2.75) is 30.7 Å². The minimum Gasteiger partial charge on any atom is -0.494 e. The topological polar surface area (TPSA) is 81.4 Å². The maximum Gasteiger partial charge on any atom is 0.238 e. The Hall–Kier alpha value is -3.29. The van der Waals surface area contributed by atoms with Crippen molar-refractivity contribution in [2.75, 3.05) is 11.9 Å². The van der Waals surface area contributed by atoms with Crippen molar-refractivity contribution < 1.29 is 17.6 Å². The molecule has 4 rings (SSSR count). The average Bonchev–Trinajstić information content (AvgIpc) is 3.19. The maximum atomic E-state index is 13.4. The molecule has 0 aliphatic rings. The standard InChI is InChI=1S/C25H23ClN2O4S/c1-4-31-21-9-5-18(6-10-21)23-28-25(33(29,30)22-11-7-19(26)8-12-22)24(32-23)27-20-14-16(2)13-17(3)15-20/h5-15,27H,4H2,1-3H3. The van der Waals surface area contributed by atoms with Crippen LogP contribution in [0.25, 0.3) is 11.5 Å². The van der Waals surface area contributed by atoms with Gasteiger partial charge in [-0.3, -0.25) is 0 Å². The monoisotopic (exact) mass is 482 g/mol. The highest BCUT2D eigenvalue weighted by Crippen LogP contribution is 2.35. The number of hydrogen-bond donors (Lipinski definition) is 1. The molecule has 170 valence electrons. The van der Waals surface area contributed by atoms with Crippen molar-refractivity contribution in [1.29, 1.82) is 0 Å². The number of rotatable bonds is 7. The number of hydrogen-bond acceptors (Lipinski definition) is 6. The molecule has 6 nitrogen and oxygen atoms in total. The second-order valence-corrected chi connectivity index (χ2v) is 9.87. The van der Waals surface area contributed by atoms with E-state index in [-0.39, 0.29) is 21.7 Å². The van der Waals surface area contributed by atoms with E-state index in [4.69, 9.17) is 20.8 Å². The Morgan fingerprint density at radius 1 is 0.970 bits per heavy atom. The summed E-state index contributed by atoms with van der Waals surface area (Å²) in [4.78, 5) is 4.45. The van der Waals surface area contributed by atoms with Crippen molar-refractivity contribution in [3.05, 3.63) is 82.9 Å². The van der Waals surface area contributed by atoms with Crippen LogP contribution in [0.15, 0.2) is 81.1 Å². The third kappa shape index (κ3) is 5.05. The first kappa shape index (κ1) is 22.9. The first-order valence-corrected chi connectivity index (χ1v) is 12.2. The molecule has 0 bridgehead atoms. The van der Waals surface area contributed by atoms with Crippen LogP contribution in [0.2, 0.25) is 5.02 Å². The lowest BCUT2D eigenvalue weighted by molar-refractivity contribution is 0.340. The molecular formula is C25H23ClN2O4S. The first-order chi connectivity index (χ1) is 15.8. The molecule has 33 heavy (non-hydrogen) atoms. The highest BCUT2D eigenvalue weighted by molar-refractivity contribution is 7.91. The summed E-state index contributed by atoms with van der Waals surface area (Å²) in [6, 6.07) is 18.9. The van der Waals surface area contributed by atoms with Gasteiger partial charge in [-0.05, 0) is 92.6 Å². The zero-order valence-electron chi connectivity index (χ0n) is 18.4. The first-order valence-electron chi connectivity index (χ1n) is 10.4. The number of aromatic nitrogens is 1. The van der Waals surface area contributed by atoms with Crippen molar-refractivity contribution in [1.82, 2.24) is 4.98 Å². The average molecular weight is 483 g/mol. The summed E-state index contributed by atoms with van der Waals surface area (Å²) in [6.45, 7) is 6.39. The van der Waals surface area contributed by atoms with Crippen molar-refractivity contribution in [2.24, 2.45) is 0 Å². The predicted octanol–water partition coefficient (Wildman–Crippen LogP) is 6.59. The number of anilines is 2. The Bertz CT molecular complexity index is 1360. The SMILES string of the molecule is CCOc1ccc(-c2nc(S(=O)(=O)c3ccc(Cl)cc3)c(Nc3cc(C)cc(C)c3)o2)cc1. The summed E-state index contributed by atoms with van der Waals surface area (Å²) in [5.74, 6) is 0.923. The number of oxazole rings is 1. The van der Waals surface area contributed by atoms with Crippen LogP contribution >= 0.6 is 11.6 Å². The zero-order chi connectivity index (χ0) is 23.6. The van der Waals surface area contributed by atoms with Crippen LogP contribution in [-0.4, -0.2) is 20.0 Å². The van der Waals surface area contributed by atoms with E-state index >= 15 is 0 Å². The van der Waals surface area contributed by atoms with E-state index in [0.717, 1.165) is 11.1 Å². The quantitative estimate of drug-likeness (QED) is 0.320. The van der Waals surface area contributed by atoms with Gasteiger partial charge in [0.2, 0.25) is 26.6 Å². The maximum absolute atomic E-state index is 13.4. The highest BCUT2D eigenvalue weighted by atomic mass is 35.5. The van der Waals surface area contributed by atoms with Crippen LogP contribution in [0.1, 0.15) is 18.1 Å². The Balaban J connectivity index is 1.81. The van der Waals surface area contributed by atoms with Gasteiger partial charge in [-0.2, -0.15) is 4.98 Å². The summed E-state index contributed by atoms with van der Waals surface area (Å²) in [7, 11) is -3.98. The van der Waals surface area contributed by atoms with Gasteiger partial charge in [-0.1, -0.05) is 17.7 Å². The molecule has 0 saturated carbocycles. The molecule has 0 aliphatic carbocycles. The molecular weight excluding hydrogens is 460 g/mol. The molecule has 0 radical (unpaired) electrons. The molecule has 0 fully saturated rings. The molecule has 0 aliphatic heterocycles. The highest BCUT2D eigenvalue weighted by Gasteiger charge is 2.29. The van der Waals surface area contributed by atoms with E-state index in [9.17, 15) is 8.42 Å². The van der Waals surface area contributed by atoms with Gasteiger partial charge in [0.25, 0.3) is 0 Å². The lowest BCUT2D eigenvalue weighted by Gasteiger charge is -2.08. The van der Waals surface area contributed by atoms with E-state index in [1.165, 1.54) is 24.3 Å². The number of ether oxygens (including phenoxy) is 1. The molecule has 0 unspecified atom stereocenters. The van der Waals surface area contributed by atoms with Gasteiger partial charge in [0.1, 0.15) is 5.75 Å². The largest absolute Gasteiger partial charge is 0.494 e. The summed E-state index contributed by atoms with van der Waals surface area (Å²) in [5.41, 5.74) is 3.39. The molecule has 0 spiro atoms. The summed E-state index contributed by atoms with van der Waals surface area (Å²) in [6.07, 6.45) is 0. The van der Waals surface area contributed by atoms with E-state index < -0.39 is 9.84 Å². The second-order valence-electron chi connectivity index (χ2n) is 7.57. The van der Waals surface area contributed by atoms with Gasteiger partial charge in [0.15, 0.2) is 0 Å². The number of aryl methyl sites for hydroxylation is 2. The zero-order valence-corrected chi connectivity index (χ0v) is 20.0. The molecule has 0 atom stereocenters. The molecule has 3 aromatic carbocycles. The van der Waals surface area contributed by atoms with E-state index in [0.29, 0.717) is 28.6 Å².